The lowest BCUT2D eigenvalue weighted by molar-refractivity contribution is -0.142. The standard InChI is InChI=1S/C13H13BrN2O5/c14-8-2-1-7(5-10(8)17)13(21)16-4-3-15-12(20)9(16)6-11(18)19/h1-2,5,9,17H,3-4,6H2,(H,15,20)(H,18,19). The Morgan fingerprint density at radius 1 is 1.43 bits per heavy atom. The van der Waals surface area contributed by atoms with Crippen LogP contribution in [-0.2, 0) is 9.59 Å². The zero-order chi connectivity index (χ0) is 15.6. The summed E-state index contributed by atoms with van der Waals surface area (Å²) in [5, 5.41) is 21.0. The quantitative estimate of drug-likeness (QED) is 0.733. The number of hydrogen-bond donors (Lipinski definition) is 3. The van der Waals surface area contributed by atoms with Crippen LogP contribution < -0.4 is 5.32 Å². The maximum absolute atomic E-state index is 12.4. The van der Waals surface area contributed by atoms with E-state index in [4.69, 9.17) is 5.11 Å². The Balaban J connectivity index is 2.27. The number of aliphatic carboxylic acids is 1. The molecule has 1 unspecified atom stereocenters. The SMILES string of the molecule is O=C(O)CC1C(=O)NCCN1C(=O)c1ccc(Br)c(O)c1. The van der Waals surface area contributed by atoms with Crippen LogP contribution in [0.1, 0.15) is 16.8 Å². The van der Waals surface area contributed by atoms with Gasteiger partial charge in [-0.1, -0.05) is 0 Å². The van der Waals surface area contributed by atoms with E-state index in [1.807, 2.05) is 0 Å². The predicted octanol–water partition coefficient (Wildman–Crippen LogP) is 0.570. The van der Waals surface area contributed by atoms with Crippen LogP contribution in [-0.4, -0.2) is 52.0 Å². The molecule has 7 nitrogen and oxygen atoms in total. The van der Waals surface area contributed by atoms with E-state index in [0.29, 0.717) is 4.47 Å². The van der Waals surface area contributed by atoms with Gasteiger partial charge in [-0.05, 0) is 34.1 Å². The summed E-state index contributed by atoms with van der Waals surface area (Å²) in [4.78, 5) is 36.3. The van der Waals surface area contributed by atoms with Gasteiger partial charge in [0, 0.05) is 18.7 Å². The van der Waals surface area contributed by atoms with Crippen molar-refractivity contribution >= 4 is 33.7 Å². The highest BCUT2D eigenvalue weighted by molar-refractivity contribution is 9.10. The predicted molar refractivity (Wildman–Crippen MR) is 75.9 cm³/mol. The Morgan fingerprint density at radius 3 is 2.76 bits per heavy atom. The maximum atomic E-state index is 12.4. The van der Waals surface area contributed by atoms with Crippen molar-refractivity contribution in [3.8, 4) is 5.75 Å². The number of piperazine rings is 1. The van der Waals surface area contributed by atoms with E-state index in [1.54, 1.807) is 0 Å². The molecule has 0 aliphatic carbocycles. The van der Waals surface area contributed by atoms with E-state index in [0.717, 1.165) is 0 Å². The summed E-state index contributed by atoms with van der Waals surface area (Å²) in [5.74, 6) is -2.23. The number of hydrogen-bond acceptors (Lipinski definition) is 4. The number of carbonyl (C=O) groups excluding carboxylic acids is 2. The molecular weight excluding hydrogens is 344 g/mol. The normalized spacial score (nSPS) is 18.2. The molecule has 1 saturated heterocycles. The second kappa shape index (κ2) is 6.13. The number of phenolic OH excluding ortho intramolecular Hbond substituents is 1. The van der Waals surface area contributed by atoms with Crippen LogP contribution >= 0.6 is 15.9 Å². The first-order valence-corrected chi connectivity index (χ1v) is 6.98. The first-order valence-electron chi connectivity index (χ1n) is 6.19. The van der Waals surface area contributed by atoms with Crippen molar-refractivity contribution in [2.24, 2.45) is 0 Å². The molecule has 1 fully saturated rings. The molecule has 0 spiro atoms. The van der Waals surface area contributed by atoms with Crippen LogP contribution in [0.2, 0.25) is 0 Å². The Bertz CT molecular complexity index is 604. The zero-order valence-electron chi connectivity index (χ0n) is 10.9. The minimum absolute atomic E-state index is 0.0999. The van der Waals surface area contributed by atoms with E-state index in [2.05, 4.69) is 21.2 Å². The molecule has 0 bridgehead atoms. The van der Waals surface area contributed by atoms with Crippen molar-refractivity contribution in [1.29, 1.82) is 0 Å². The molecule has 112 valence electrons. The monoisotopic (exact) mass is 356 g/mol. The lowest BCUT2D eigenvalue weighted by atomic mass is 10.1. The largest absolute Gasteiger partial charge is 0.507 e. The molecule has 1 aromatic rings. The molecule has 1 aromatic carbocycles. The highest BCUT2D eigenvalue weighted by Gasteiger charge is 2.35. The molecule has 0 aromatic heterocycles. The van der Waals surface area contributed by atoms with E-state index in [1.165, 1.54) is 23.1 Å². The van der Waals surface area contributed by atoms with E-state index < -0.39 is 30.2 Å². The molecule has 2 rings (SSSR count). The highest BCUT2D eigenvalue weighted by atomic mass is 79.9. The molecule has 2 amide bonds. The van der Waals surface area contributed by atoms with Gasteiger partial charge in [-0.15, -0.1) is 0 Å². The lowest BCUT2D eigenvalue weighted by Gasteiger charge is -2.34. The Kier molecular flexibility index (Phi) is 4.46. The molecule has 3 N–H and O–H groups in total. The summed E-state index contributed by atoms with van der Waals surface area (Å²) >= 11 is 3.11. The van der Waals surface area contributed by atoms with Crippen molar-refractivity contribution < 1.29 is 24.6 Å². The van der Waals surface area contributed by atoms with Crippen molar-refractivity contribution in [3.63, 3.8) is 0 Å². The number of carboxylic acid groups (broad SMARTS) is 1. The summed E-state index contributed by atoms with van der Waals surface area (Å²) in [6.45, 7) is 0.489. The van der Waals surface area contributed by atoms with Gasteiger partial charge in [0.25, 0.3) is 5.91 Å². The van der Waals surface area contributed by atoms with Crippen molar-refractivity contribution in [1.82, 2.24) is 10.2 Å². The smallest absolute Gasteiger partial charge is 0.305 e. The van der Waals surface area contributed by atoms with Crippen molar-refractivity contribution in [2.45, 2.75) is 12.5 Å². The maximum Gasteiger partial charge on any atom is 0.305 e. The van der Waals surface area contributed by atoms with Gasteiger partial charge in [-0.3, -0.25) is 14.4 Å². The van der Waals surface area contributed by atoms with Crippen molar-refractivity contribution in [3.05, 3.63) is 28.2 Å². The minimum Gasteiger partial charge on any atom is -0.507 e. The first-order chi connectivity index (χ1) is 9.90. The number of carboxylic acids is 1. The molecule has 1 aliphatic rings. The second-order valence-electron chi connectivity index (χ2n) is 4.57. The summed E-state index contributed by atoms with van der Waals surface area (Å²) in [6, 6.07) is 3.24. The fourth-order valence-electron chi connectivity index (χ4n) is 2.14. The Morgan fingerprint density at radius 2 is 2.14 bits per heavy atom. The second-order valence-corrected chi connectivity index (χ2v) is 5.42. The molecule has 0 saturated carbocycles. The highest BCUT2D eigenvalue weighted by Crippen LogP contribution is 2.25. The number of rotatable bonds is 3. The average molecular weight is 357 g/mol. The molecule has 1 atom stereocenters. The Hall–Kier alpha value is -2.09. The van der Waals surface area contributed by atoms with Crippen LogP contribution in [0.3, 0.4) is 0 Å². The van der Waals surface area contributed by atoms with Gasteiger partial charge in [-0.2, -0.15) is 0 Å². The third-order valence-electron chi connectivity index (χ3n) is 3.15. The number of benzene rings is 1. The Labute approximate surface area is 128 Å². The molecule has 0 radical (unpaired) electrons. The molecule has 1 aliphatic heterocycles. The van der Waals surface area contributed by atoms with Gasteiger partial charge in [0.05, 0.1) is 10.9 Å². The number of nitrogens with one attached hydrogen (secondary N) is 1. The third kappa shape index (κ3) is 3.33. The van der Waals surface area contributed by atoms with E-state index in [9.17, 15) is 19.5 Å². The zero-order valence-corrected chi connectivity index (χ0v) is 12.5. The van der Waals surface area contributed by atoms with Gasteiger partial charge in [-0.25, -0.2) is 0 Å². The summed E-state index contributed by atoms with van der Waals surface area (Å²) in [5.41, 5.74) is 0.195. The van der Waals surface area contributed by atoms with Gasteiger partial charge in [0.2, 0.25) is 5.91 Å². The van der Waals surface area contributed by atoms with Crippen LogP contribution in [0.15, 0.2) is 22.7 Å². The third-order valence-corrected chi connectivity index (χ3v) is 3.82. The fraction of sp³-hybridized carbons (Fsp3) is 0.308. The summed E-state index contributed by atoms with van der Waals surface area (Å²) < 4.78 is 0.442. The number of carbonyl (C=O) groups is 3. The van der Waals surface area contributed by atoms with E-state index in [-0.39, 0.29) is 24.4 Å². The van der Waals surface area contributed by atoms with Crippen LogP contribution in [0, 0.1) is 0 Å². The van der Waals surface area contributed by atoms with Crippen LogP contribution in [0.25, 0.3) is 0 Å². The van der Waals surface area contributed by atoms with Gasteiger partial charge < -0.3 is 20.4 Å². The minimum atomic E-state index is -1.16. The molecule has 8 heteroatoms. The number of halogens is 1. The first kappa shape index (κ1) is 15.3. The topological polar surface area (TPSA) is 107 Å². The van der Waals surface area contributed by atoms with Gasteiger partial charge >= 0.3 is 5.97 Å². The number of nitrogens with zero attached hydrogens (tertiary/aromatic N) is 1. The molecule has 1 heterocycles. The lowest BCUT2D eigenvalue weighted by Crippen LogP contribution is -2.57. The van der Waals surface area contributed by atoms with Gasteiger partial charge in [0.1, 0.15) is 11.8 Å². The van der Waals surface area contributed by atoms with Crippen molar-refractivity contribution in [2.75, 3.05) is 13.1 Å². The van der Waals surface area contributed by atoms with Gasteiger partial charge in [0.15, 0.2) is 0 Å². The number of phenols is 1. The van der Waals surface area contributed by atoms with Crippen LogP contribution in [0.5, 0.6) is 5.75 Å². The fourth-order valence-corrected chi connectivity index (χ4v) is 2.38. The molecular formula is C13H13BrN2O5. The summed E-state index contributed by atoms with van der Waals surface area (Å²) in [7, 11) is 0. The summed E-state index contributed by atoms with van der Waals surface area (Å²) in [6.07, 6.45) is -0.458. The van der Waals surface area contributed by atoms with E-state index >= 15 is 0 Å². The number of aromatic hydroxyl groups is 1. The number of amides is 2. The molecule has 21 heavy (non-hydrogen) atoms. The van der Waals surface area contributed by atoms with Crippen LogP contribution in [0.4, 0.5) is 0 Å². The average Bonchev–Trinajstić information content (AvgIpc) is 2.43.